The molecule has 0 spiro atoms. The summed E-state index contributed by atoms with van der Waals surface area (Å²) in [5.74, 6) is 0.913. The van der Waals surface area contributed by atoms with Gasteiger partial charge in [-0.15, -0.1) is 0 Å². The Morgan fingerprint density at radius 3 is 2.83 bits per heavy atom. The van der Waals surface area contributed by atoms with Gasteiger partial charge < -0.3 is 19.9 Å². The molecule has 0 bridgehead atoms. The molecule has 1 aromatic heterocycles. The summed E-state index contributed by atoms with van der Waals surface area (Å²) >= 11 is 0. The number of hydrogen-bond acceptors (Lipinski definition) is 3. The fraction of sp³-hybridized carbons (Fsp3) is 0.765. The van der Waals surface area contributed by atoms with Crippen molar-refractivity contribution in [3.8, 4) is 0 Å². The third-order valence-electron chi connectivity index (χ3n) is 4.64. The zero-order chi connectivity index (χ0) is 16.4. The lowest BCUT2D eigenvalue weighted by Crippen LogP contribution is -2.39. The zero-order valence-corrected chi connectivity index (χ0v) is 14.6. The van der Waals surface area contributed by atoms with Crippen molar-refractivity contribution in [1.82, 2.24) is 20.2 Å². The van der Waals surface area contributed by atoms with Gasteiger partial charge in [0, 0.05) is 52.3 Å². The monoisotopic (exact) mass is 321 g/mol. The van der Waals surface area contributed by atoms with E-state index in [0.29, 0.717) is 5.41 Å². The summed E-state index contributed by atoms with van der Waals surface area (Å²) in [5, 5.41) is 6.76. The molecular formula is C17H31N5O. The molecule has 6 nitrogen and oxygen atoms in total. The van der Waals surface area contributed by atoms with Crippen LogP contribution in [0.15, 0.2) is 23.7 Å². The summed E-state index contributed by atoms with van der Waals surface area (Å²) in [4.78, 5) is 8.91. The second kappa shape index (κ2) is 9.55. The fourth-order valence-electron chi connectivity index (χ4n) is 3.24. The van der Waals surface area contributed by atoms with Crippen LogP contribution in [0.5, 0.6) is 0 Å². The van der Waals surface area contributed by atoms with Crippen molar-refractivity contribution in [3.63, 3.8) is 0 Å². The Labute approximate surface area is 139 Å². The first-order valence-corrected chi connectivity index (χ1v) is 8.75. The first-order chi connectivity index (χ1) is 11.3. The van der Waals surface area contributed by atoms with Gasteiger partial charge >= 0.3 is 0 Å². The highest BCUT2D eigenvalue weighted by atomic mass is 16.5. The number of imidazole rings is 1. The fourth-order valence-corrected chi connectivity index (χ4v) is 3.24. The van der Waals surface area contributed by atoms with Crippen LogP contribution < -0.4 is 10.6 Å². The molecule has 1 aromatic rings. The molecule has 0 saturated heterocycles. The van der Waals surface area contributed by atoms with Crippen LogP contribution in [0.3, 0.4) is 0 Å². The second-order valence-corrected chi connectivity index (χ2v) is 6.37. The molecule has 2 N–H and O–H groups in total. The quantitative estimate of drug-likeness (QED) is 0.540. The van der Waals surface area contributed by atoms with Crippen molar-refractivity contribution in [1.29, 1.82) is 0 Å². The van der Waals surface area contributed by atoms with Gasteiger partial charge in [-0.3, -0.25) is 4.99 Å². The average molecular weight is 321 g/mol. The highest BCUT2D eigenvalue weighted by molar-refractivity contribution is 5.79. The van der Waals surface area contributed by atoms with E-state index in [1.54, 1.807) is 13.3 Å². The summed E-state index contributed by atoms with van der Waals surface area (Å²) in [6.07, 6.45) is 11.9. The Balaban J connectivity index is 1.85. The molecule has 23 heavy (non-hydrogen) atoms. The van der Waals surface area contributed by atoms with Gasteiger partial charge in [-0.25, -0.2) is 4.98 Å². The van der Waals surface area contributed by atoms with Crippen LogP contribution in [0.1, 0.15) is 39.0 Å². The van der Waals surface area contributed by atoms with Gasteiger partial charge in [-0.1, -0.05) is 12.8 Å². The number of aliphatic imine (C=N–C) groups is 1. The molecule has 0 aromatic carbocycles. The van der Waals surface area contributed by atoms with Gasteiger partial charge in [0.2, 0.25) is 0 Å². The standard InChI is InChI=1S/C17H31N5O/c1-3-19-16(20-10-12-22-11-9-18-15-22)21-14-17(8-13-23-2)6-4-5-7-17/h9,11,15H,3-8,10,12-14H2,1-2H3,(H2,19,20,21). The van der Waals surface area contributed by atoms with Gasteiger partial charge in [0.05, 0.1) is 6.33 Å². The van der Waals surface area contributed by atoms with E-state index in [9.17, 15) is 0 Å². The highest BCUT2D eigenvalue weighted by Crippen LogP contribution is 2.41. The van der Waals surface area contributed by atoms with E-state index < -0.39 is 0 Å². The summed E-state index contributed by atoms with van der Waals surface area (Å²) in [7, 11) is 1.79. The van der Waals surface area contributed by atoms with Gasteiger partial charge in [0.15, 0.2) is 5.96 Å². The Kier molecular flexibility index (Phi) is 7.39. The van der Waals surface area contributed by atoms with E-state index in [-0.39, 0.29) is 0 Å². The van der Waals surface area contributed by atoms with Gasteiger partial charge in [0.1, 0.15) is 0 Å². The lowest BCUT2D eigenvalue weighted by molar-refractivity contribution is 0.141. The maximum atomic E-state index is 5.30. The number of nitrogens with zero attached hydrogens (tertiary/aromatic N) is 3. The smallest absolute Gasteiger partial charge is 0.191 e. The summed E-state index contributed by atoms with van der Waals surface area (Å²) in [5.41, 5.74) is 0.336. The zero-order valence-electron chi connectivity index (χ0n) is 14.6. The maximum absolute atomic E-state index is 5.30. The average Bonchev–Trinajstić information content (AvgIpc) is 3.23. The Morgan fingerprint density at radius 2 is 2.17 bits per heavy atom. The number of methoxy groups -OCH3 is 1. The molecule has 1 fully saturated rings. The molecule has 0 unspecified atom stereocenters. The maximum Gasteiger partial charge on any atom is 0.191 e. The molecule has 1 aliphatic rings. The van der Waals surface area contributed by atoms with Gasteiger partial charge in [-0.2, -0.15) is 0 Å². The minimum atomic E-state index is 0.336. The van der Waals surface area contributed by atoms with Gasteiger partial charge in [0.25, 0.3) is 0 Å². The van der Waals surface area contributed by atoms with Crippen LogP contribution >= 0.6 is 0 Å². The van der Waals surface area contributed by atoms with Crippen LogP contribution in [0, 0.1) is 5.41 Å². The van der Waals surface area contributed by atoms with E-state index in [2.05, 4.69) is 27.1 Å². The van der Waals surface area contributed by atoms with E-state index in [1.165, 1.54) is 25.7 Å². The Morgan fingerprint density at radius 1 is 1.35 bits per heavy atom. The SMILES string of the molecule is CCNC(=NCC1(CCOC)CCCC1)NCCn1ccnc1. The minimum Gasteiger partial charge on any atom is -0.385 e. The number of guanidine groups is 1. The molecule has 0 atom stereocenters. The summed E-state index contributed by atoms with van der Waals surface area (Å²) in [6, 6.07) is 0. The van der Waals surface area contributed by atoms with Crippen molar-refractivity contribution >= 4 is 5.96 Å². The molecule has 0 radical (unpaired) electrons. The highest BCUT2D eigenvalue weighted by Gasteiger charge is 2.33. The first-order valence-electron chi connectivity index (χ1n) is 8.75. The number of nitrogens with one attached hydrogen (secondary N) is 2. The largest absolute Gasteiger partial charge is 0.385 e. The number of ether oxygens (including phenoxy) is 1. The van der Waals surface area contributed by atoms with Crippen molar-refractivity contribution in [2.75, 3.05) is 33.4 Å². The van der Waals surface area contributed by atoms with Crippen LogP contribution in [0.2, 0.25) is 0 Å². The molecule has 1 heterocycles. The summed E-state index contributed by atoms with van der Waals surface area (Å²) < 4.78 is 7.36. The van der Waals surface area contributed by atoms with E-state index in [1.807, 2.05) is 12.5 Å². The minimum absolute atomic E-state index is 0.336. The first kappa shape index (κ1) is 17.8. The molecule has 1 aliphatic carbocycles. The number of rotatable bonds is 9. The summed E-state index contributed by atoms with van der Waals surface area (Å²) in [6.45, 7) is 6.43. The molecule has 0 aliphatic heterocycles. The van der Waals surface area contributed by atoms with Crippen LogP contribution in [-0.4, -0.2) is 48.9 Å². The molecule has 6 heteroatoms. The lowest BCUT2D eigenvalue weighted by atomic mass is 9.83. The van der Waals surface area contributed by atoms with Crippen molar-refractivity contribution in [2.45, 2.75) is 45.6 Å². The number of aromatic nitrogens is 2. The van der Waals surface area contributed by atoms with Crippen LogP contribution in [0.4, 0.5) is 0 Å². The molecule has 1 saturated carbocycles. The molecule has 0 amide bonds. The van der Waals surface area contributed by atoms with Crippen molar-refractivity contribution in [3.05, 3.63) is 18.7 Å². The van der Waals surface area contributed by atoms with Crippen molar-refractivity contribution < 1.29 is 4.74 Å². The molecule has 130 valence electrons. The van der Waals surface area contributed by atoms with Crippen molar-refractivity contribution in [2.24, 2.45) is 10.4 Å². The molecule has 2 rings (SSSR count). The normalized spacial score (nSPS) is 17.4. The van der Waals surface area contributed by atoms with E-state index in [0.717, 1.165) is 45.2 Å². The van der Waals surface area contributed by atoms with E-state index in [4.69, 9.17) is 9.73 Å². The third kappa shape index (κ3) is 5.86. The number of hydrogen-bond donors (Lipinski definition) is 2. The van der Waals surface area contributed by atoms with Crippen LogP contribution in [-0.2, 0) is 11.3 Å². The third-order valence-corrected chi connectivity index (χ3v) is 4.64. The molecular weight excluding hydrogens is 290 g/mol. The second-order valence-electron chi connectivity index (χ2n) is 6.37. The lowest BCUT2D eigenvalue weighted by Gasteiger charge is -2.27. The van der Waals surface area contributed by atoms with Gasteiger partial charge in [-0.05, 0) is 31.6 Å². The topological polar surface area (TPSA) is 63.5 Å². The predicted molar refractivity (Wildman–Crippen MR) is 93.6 cm³/mol. The van der Waals surface area contributed by atoms with Crippen LogP contribution in [0.25, 0.3) is 0 Å². The van der Waals surface area contributed by atoms with E-state index >= 15 is 0 Å². The Hall–Kier alpha value is -1.56. The Bertz CT molecular complexity index is 452. The predicted octanol–water partition coefficient (Wildman–Crippen LogP) is 2.04.